The molecule has 0 aromatic rings. The Morgan fingerprint density at radius 3 is 1.76 bits per heavy atom. The van der Waals surface area contributed by atoms with Crippen LogP contribution in [0.5, 0.6) is 0 Å². The van der Waals surface area contributed by atoms with Crippen molar-refractivity contribution in [3.8, 4) is 0 Å². The molecule has 0 rings (SSSR count). The van der Waals surface area contributed by atoms with Gasteiger partial charge in [-0.05, 0) is 13.8 Å². The molecule has 1 atom stereocenters. The van der Waals surface area contributed by atoms with Crippen LogP contribution in [0.4, 0.5) is 0 Å². The zero-order valence-electron chi connectivity index (χ0n) is 10.2. The van der Waals surface area contributed by atoms with Crippen LogP contribution in [0.15, 0.2) is 0 Å². The summed E-state index contributed by atoms with van der Waals surface area (Å²) in [5, 5.41) is 8.56. The van der Waals surface area contributed by atoms with E-state index in [0.717, 1.165) is 13.4 Å². The molecular formula is C8H18O7S2. The highest BCUT2D eigenvalue weighted by atomic mass is 32.2. The number of hydrogen-bond acceptors (Lipinski definition) is 7. The van der Waals surface area contributed by atoms with Gasteiger partial charge in [-0.2, -0.15) is 8.42 Å². The highest BCUT2D eigenvalue weighted by molar-refractivity contribution is 7.91. The first kappa shape index (κ1) is 18.8. The second kappa shape index (κ2) is 7.75. The molecule has 0 saturated carbocycles. The minimum atomic E-state index is -3.47. The molecule has 0 spiro atoms. The van der Waals surface area contributed by atoms with Gasteiger partial charge in [-0.1, -0.05) is 0 Å². The van der Waals surface area contributed by atoms with E-state index in [1.807, 2.05) is 0 Å². The summed E-state index contributed by atoms with van der Waals surface area (Å²) in [5.74, 6) is -0.997. The molecule has 104 valence electrons. The van der Waals surface area contributed by atoms with Crippen LogP contribution in [0, 0.1) is 0 Å². The Bertz CT molecular complexity index is 419. The second-order valence-electron chi connectivity index (χ2n) is 3.51. The lowest BCUT2D eigenvalue weighted by Crippen LogP contribution is -2.18. The van der Waals surface area contributed by atoms with E-state index < -0.39 is 26.1 Å². The summed E-state index contributed by atoms with van der Waals surface area (Å²) in [6, 6.07) is 0. The fraction of sp³-hybridized carbons (Fsp3) is 0.875. The van der Waals surface area contributed by atoms with Crippen LogP contribution in [-0.4, -0.2) is 58.7 Å². The number of hydrogen-bond donors (Lipinski definition) is 1. The van der Waals surface area contributed by atoms with Crippen molar-refractivity contribution in [2.45, 2.75) is 20.0 Å². The molecule has 0 heterocycles. The Balaban J connectivity index is 0. The third kappa shape index (κ3) is 18.1. The van der Waals surface area contributed by atoms with Gasteiger partial charge in [0.25, 0.3) is 10.1 Å². The molecule has 0 aromatic carbocycles. The lowest BCUT2D eigenvalue weighted by molar-refractivity contribution is -0.114. The standard InChI is InChI=1S/C4H10O4S.C4H8O3S/c1-4(5)3-9(6,7)8-2;1-4(5)3-8(2,6)7/h4-5H,3H2,1-2H3;3H2,1-2H3. The van der Waals surface area contributed by atoms with Crippen LogP contribution in [0.25, 0.3) is 0 Å². The minimum absolute atomic E-state index is 0.312. The Kier molecular flexibility index (Phi) is 8.59. The van der Waals surface area contributed by atoms with Gasteiger partial charge >= 0.3 is 0 Å². The molecule has 0 aliphatic heterocycles. The molecule has 9 heteroatoms. The second-order valence-corrected chi connectivity index (χ2v) is 7.43. The van der Waals surface area contributed by atoms with Crippen LogP contribution in [0.3, 0.4) is 0 Å². The van der Waals surface area contributed by atoms with E-state index in [9.17, 15) is 21.6 Å². The Labute approximate surface area is 102 Å². The van der Waals surface area contributed by atoms with E-state index in [-0.39, 0.29) is 17.3 Å². The summed E-state index contributed by atoms with van der Waals surface area (Å²) < 4.78 is 45.4. The largest absolute Gasteiger partial charge is 0.392 e. The predicted molar refractivity (Wildman–Crippen MR) is 62.9 cm³/mol. The number of carbonyl (C=O) groups is 1. The van der Waals surface area contributed by atoms with Gasteiger partial charge in [0.05, 0.1) is 13.2 Å². The lowest BCUT2D eigenvalue weighted by Gasteiger charge is -2.01. The van der Waals surface area contributed by atoms with Crippen molar-refractivity contribution in [1.82, 2.24) is 0 Å². The van der Waals surface area contributed by atoms with Crippen molar-refractivity contribution < 1.29 is 30.9 Å². The molecule has 0 fully saturated rings. The number of Topliss-reactive ketones (excluding diaryl/α,β-unsaturated/α-hetero) is 1. The van der Waals surface area contributed by atoms with Crippen LogP contribution >= 0.6 is 0 Å². The SMILES string of the molecule is CC(=O)CS(C)(=O)=O.COS(=O)(=O)CC(C)O. The van der Waals surface area contributed by atoms with Crippen molar-refractivity contribution in [2.24, 2.45) is 0 Å². The molecule has 1 unspecified atom stereocenters. The highest BCUT2D eigenvalue weighted by Crippen LogP contribution is 1.92. The topological polar surface area (TPSA) is 115 Å². The average Bonchev–Trinajstić information content (AvgIpc) is 1.97. The summed E-state index contributed by atoms with van der Waals surface area (Å²) in [6.07, 6.45) is 0.170. The molecule has 17 heavy (non-hydrogen) atoms. The fourth-order valence-electron chi connectivity index (χ4n) is 0.733. The van der Waals surface area contributed by atoms with E-state index in [4.69, 9.17) is 5.11 Å². The van der Waals surface area contributed by atoms with E-state index in [1.165, 1.54) is 13.8 Å². The van der Waals surface area contributed by atoms with Gasteiger partial charge in [0.2, 0.25) is 0 Å². The zero-order valence-corrected chi connectivity index (χ0v) is 11.8. The number of rotatable bonds is 5. The van der Waals surface area contributed by atoms with Crippen molar-refractivity contribution >= 4 is 25.7 Å². The van der Waals surface area contributed by atoms with Crippen LogP contribution in [0.2, 0.25) is 0 Å². The monoisotopic (exact) mass is 290 g/mol. The summed E-state index contributed by atoms with van der Waals surface area (Å²) in [4.78, 5) is 10.1. The summed E-state index contributed by atoms with van der Waals surface area (Å²) in [6.45, 7) is 2.64. The maximum atomic E-state index is 10.4. The van der Waals surface area contributed by atoms with Gasteiger partial charge < -0.3 is 5.11 Å². The van der Waals surface area contributed by atoms with Gasteiger partial charge in [-0.15, -0.1) is 0 Å². The smallest absolute Gasteiger partial charge is 0.269 e. The van der Waals surface area contributed by atoms with Crippen LogP contribution in [0.1, 0.15) is 13.8 Å². The highest BCUT2D eigenvalue weighted by Gasteiger charge is 2.11. The quantitative estimate of drug-likeness (QED) is 0.643. The third-order valence-electron chi connectivity index (χ3n) is 1.16. The molecule has 0 bridgehead atoms. The van der Waals surface area contributed by atoms with Gasteiger partial charge in [0, 0.05) is 6.26 Å². The van der Waals surface area contributed by atoms with E-state index >= 15 is 0 Å². The Morgan fingerprint density at radius 1 is 1.29 bits per heavy atom. The minimum Gasteiger partial charge on any atom is -0.392 e. The third-order valence-corrected chi connectivity index (χ3v) is 3.49. The first-order valence-corrected chi connectivity index (χ1v) is 8.17. The van der Waals surface area contributed by atoms with Crippen molar-refractivity contribution in [1.29, 1.82) is 0 Å². The molecule has 0 amide bonds. The van der Waals surface area contributed by atoms with Gasteiger partial charge in [-0.3, -0.25) is 8.98 Å². The first-order chi connectivity index (χ1) is 7.39. The van der Waals surface area contributed by atoms with Gasteiger partial charge in [0.15, 0.2) is 9.84 Å². The Morgan fingerprint density at radius 2 is 1.71 bits per heavy atom. The molecular weight excluding hydrogens is 272 g/mol. The number of ketones is 1. The maximum Gasteiger partial charge on any atom is 0.269 e. The van der Waals surface area contributed by atoms with Gasteiger partial charge in [-0.25, -0.2) is 8.42 Å². The summed E-state index contributed by atoms with van der Waals surface area (Å²) in [5.41, 5.74) is 0. The molecule has 0 aromatic heterocycles. The molecule has 0 radical (unpaired) electrons. The normalized spacial score (nSPS) is 13.5. The van der Waals surface area contributed by atoms with E-state index in [2.05, 4.69) is 4.18 Å². The Hall–Kier alpha value is -0.510. The zero-order chi connectivity index (χ0) is 14.3. The van der Waals surface area contributed by atoms with Crippen molar-refractivity contribution in [3.05, 3.63) is 0 Å². The molecule has 0 saturated heterocycles. The molecule has 0 aliphatic carbocycles. The van der Waals surface area contributed by atoms with E-state index in [1.54, 1.807) is 0 Å². The van der Waals surface area contributed by atoms with Crippen molar-refractivity contribution in [3.63, 3.8) is 0 Å². The van der Waals surface area contributed by atoms with E-state index in [0.29, 0.717) is 0 Å². The van der Waals surface area contributed by atoms with Gasteiger partial charge in [0.1, 0.15) is 17.3 Å². The first-order valence-electron chi connectivity index (χ1n) is 4.53. The maximum absolute atomic E-state index is 10.4. The molecule has 7 nitrogen and oxygen atoms in total. The number of aliphatic hydroxyl groups excluding tert-OH is 1. The molecule has 0 aliphatic rings. The fourth-order valence-corrected chi connectivity index (χ4v) is 2.20. The van der Waals surface area contributed by atoms with Crippen molar-refractivity contribution in [2.75, 3.05) is 24.9 Å². The predicted octanol–water partition coefficient (Wildman–Crippen LogP) is -1.04. The number of aliphatic hydroxyl groups is 1. The lowest BCUT2D eigenvalue weighted by atomic mass is 10.5. The number of carbonyl (C=O) groups excluding carboxylic acids is 1. The summed E-state index contributed by atoms with van der Waals surface area (Å²) in [7, 11) is -5.47. The number of sulfone groups is 1. The summed E-state index contributed by atoms with van der Waals surface area (Å²) >= 11 is 0. The van der Waals surface area contributed by atoms with Crippen LogP contribution < -0.4 is 0 Å². The molecule has 1 N–H and O–H groups in total. The van der Waals surface area contributed by atoms with Crippen LogP contribution in [-0.2, 0) is 28.9 Å². The average molecular weight is 290 g/mol.